The Bertz CT molecular complexity index is 1210. The minimum Gasteiger partial charge on any atom is -0.744 e. The van der Waals surface area contributed by atoms with Gasteiger partial charge in [0.1, 0.15) is 32.9 Å². The van der Waals surface area contributed by atoms with Crippen LogP contribution in [-0.2, 0) is 10.1 Å². The molecule has 0 spiro atoms. The molecular weight excluding hydrogens is 396 g/mol. The van der Waals surface area contributed by atoms with Crippen molar-refractivity contribution in [2.45, 2.75) is 31.7 Å². The van der Waals surface area contributed by atoms with Gasteiger partial charge < -0.3 is 4.55 Å². The smallest absolute Gasteiger partial charge is 0.245 e. The highest BCUT2D eigenvalue weighted by Gasteiger charge is 2.38. The van der Waals surface area contributed by atoms with E-state index in [-0.39, 0.29) is 10.9 Å². The second-order valence-electron chi connectivity index (χ2n) is 7.77. The van der Waals surface area contributed by atoms with Gasteiger partial charge in [-0.3, -0.25) is 0 Å². The maximum absolute atomic E-state index is 11.9. The molecule has 0 radical (unpaired) electrons. The molecule has 30 heavy (non-hydrogen) atoms. The number of aryl methyl sites for hydroxylation is 3. The summed E-state index contributed by atoms with van der Waals surface area (Å²) in [6.07, 6.45) is 1.92. The van der Waals surface area contributed by atoms with Crippen molar-refractivity contribution in [2.24, 2.45) is 0 Å². The molecule has 0 amide bonds. The average Bonchev–Trinajstić information content (AvgIpc) is 3.12. The van der Waals surface area contributed by atoms with Crippen molar-refractivity contribution in [2.75, 3.05) is 11.4 Å². The average molecular weight is 421 g/mol. The summed E-state index contributed by atoms with van der Waals surface area (Å²) in [5.74, 6) is 0. The first-order chi connectivity index (χ1) is 14.3. The zero-order valence-electron chi connectivity index (χ0n) is 17.2. The van der Waals surface area contributed by atoms with Gasteiger partial charge in [0.25, 0.3) is 0 Å². The zero-order chi connectivity index (χ0) is 21.5. The number of benzene rings is 3. The van der Waals surface area contributed by atoms with Crippen LogP contribution in [0, 0.1) is 20.8 Å². The fourth-order valence-electron chi connectivity index (χ4n) is 4.38. The van der Waals surface area contributed by atoms with Gasteiger partial charge in [-0.1, -0.05) is 60.2 Å². The summed E-state index contributed by atoms with van der Waals surface area (Å²) in [6.45, 7) is 6.88. The van der Waals surface area contributed by atoms with Crippen molar-refractivity contribution < 1.29 is 17.5 Å². The standard InChI is InChI=1S/C24H24N2O3S/c1-17-13-18(2)24(19(3)14-17)25-15-22(20-9-5-4-6-10-20)26(16-25)21-11-7-8-12-23(21)30(27,28)29/h4-14,16,22H,15H2,1-3H3/t22-/m1/s1. The van der Waals surface area contributed by atoms with E-state index in [4.69, 9.17) is 0 Å². The fourth-order valence-corrected chi connectivity index (χ4v) is 5.05. The Morgan fingerprint density at radius 3 is 2.17 bits per heavy atom. The van der Waals surface area contributed by atoms with E-state index in [2.05, 4.69) is 37.5 Å². The molecule has 3 aromatic carbocycles. The van der Waals surface area contributed by atoms with Crippen molar-refractivity contribution in [1.82, 2.24) is 0 Å². The molecule has 3 aromatic rings. The van der Waals surface area contributed by atoms with E-state index in [1.54, 1.807) is 18.2 Å². The van der Waals surface area contributed by atoms with Gasteiger partial charge in [0, 0.05) is 5.56 Å². The lowest BCUT2D eigenvalue weighted by Crippen LogP contribution is -2.25. The third-order valence-corrected chi connectivity index (χ3v) is 6.37. The molecule has 5 nitrogen and oxygen atoms in total. The summed E-state index contributed by atoms with van der Waals surface area (Å²) in [5.41, 5.74) is 6.06. The number of para-hydroxylation sites is 1. The summed E-state index contributed by atoms with van der Waals surface area (Å²) >= 11 is 0. The lowest BCUT2D eigenvalue weighted by molar-refractivity contribution is -0.430. The SMILES string of the molecule is Cc1cc(C)c([N+]2=CN(c3ccccc3S(=O)(=O)[O-])[C@@H](c3ccccc3)C2)c(C)c1. The van der Waals surface area contributed by atoms with E-state index in [1.807, 2.05) is 41.6 Å². The largest absolute Gasteiger partial charge is 0.744 e. The van der Waals surface area contributed by atoms with Crippen LogP contribution in [0.25, 0.3) is 0 Å². The molecule has 6 heteroatoms. The fraction of sp³-hybridized carbons (Fsp3) is 0.208. The molecule has 0 aliphatic carbocycles. The Kier molecular flexibility index (Phi) is 5.22. The highest BCUT2D eigenvalue weighted by molar-refractivity contribution is 7.86. The second kappa shape index (κ2) is 7.70. The summed E-state index contributed by atoms with van der Waals surface area (Å²) in [5, 5.41) is 0. The second-order valence-corrected chi connectivity index (χ2v) is 9.12. The van der Waals surface area contributed by atoms with Crippen LogP contribution < -0.4 is 4.90 Å². The first-order valence-corrected chi connectivity index (χ1v) is 11.2. The number of anilines is 1. The summed E-state index contributed by atoms with van der Waals surface area (Å²) in [7, 11) is -4.61. The highest BCUT2D eigenvalue weighted by Crippen LogP contribution is 2.37. The van der Waals surface area contributed by atoms with Gasteiger partial charge in [0.15, 0.2) is 6.04 Å². The third kappa shape index (κ3) is 3.76. The van der Waals surface area contributed by atoms with Crippen LogP contribution in [0.4, 0.5) is 11.4 Å². The van der Waals surface area contributed by atoms with Crippen molar-refractivity contribution >= 4 is 27.8 Å². The molecule has 1 atom stereocenters. The van der Waals surface area contributed by atoms with Gasteiger partial charge in [-0.2, -0.15) is 0 Å². The summed E-state index contributed by atoms with van der Waals surface area (Å²) in [6, 6.07) is 20.5. The molecule has 0 fully saturated rings. The van der Waals surface area contributed by atoms with Gasteiger partial charge >= 0.3 is 0 Å². The first kappa shape index (κ1) is 20.3. The van der Waals surface area contributed by atoms with E-state index in [9.17, 15) is 13.0 Å². The Labute approximate surface area is 177 Å². The molecule has 1 heterocycles. The van der Waals surface area contributed by atoms with Crippen molar-refractivity contribution in [3.8, 4) is 0 Å². The van der Waals surface area contributed by atoms with Crippen LogP contribution >= 0.6 is 0 Å². The van der Waals surface area contributed by atoms with Gasteiger partial charge in [-0.25, -0.2) is 17.9 Å². The van der Waals surface area contributed by atoms with Crippen LogP contribution in [0.1, 0.15) is 28.3 Å². The summed E-state index contributed by atoms with van der Waals surface area (Å²) in [4.78, 5) is 1.69. The van der Waals surface area contributed by atoms with Crippen molar-refractivity contribution in [1.29, 1.82) is 0 Å². The molecule has 0 N–H and O–H groups in total. The third-order valence-electron chi connectivity index (χ3n) is 5.49. The number of nitrogens with zero attached hydrogens (tertiary/aromatic N) is 2. The molecular formula is C24H24N2O3S. The molecule has 1 aliphatic rings. The van der Waals surface area contributed by atoms with Crippen LogP contribution in [0.15, 0.2) is 71.6 Å². The van der Waals surface area contributed by atoms with Gasteiger partial charge in [0.05, 0.1) is 0 Å². The summed E-state index contributed by atoms with van der Waals surface area (Å²) < 4.78 is 38.0. The molecule has 0 aromatic heterocycles. The zero-order valence-corrected chi connectivity index (χ0v) is 18.1. The molecule has 4 rings (SSSR count). The minimum absolute atomic E-state index is 0.130. The van der Waals surface area contributed by atoms with E-state index >= 15 is 0 Å². The lowest BCUT2D eigenvalue weighted by Gasteiger charge is -2.20. The maximum Gasteiger partial charge on any atom is 0.245 e. The van der Waals surface area contributed by atoms with Gasteiger partial charge in [0.2, 0.25) is 6.34 Å². The molecule has 154 valence electrons. The molecule has 0 bridgehead atoms. The quantitative estimate of drug-likeness (QED) is 0.462. The van der Waals surface area contributed by atoms with Crippen molar-refractivity contribution in [3.63, 3.8) is 0 Å². The maximum atomic E-state index is 11.9. The van der Waals surface area contributed by atoms with E-state index in [0.717, 1.165) is 22.4 Å². The van der Waals surface area contributed by atoms with E-state index in [1.165, 1.54) is 11.6 Å². The number of rotatable bonds is 4. The lowest BCUT2D eigenvalue weighted by atomic mass is 10.0. The Morgan fingerprint density at radius 2 is 1.53 bits per heavy atom. The monoisotopic (exact) mass is 420 g/mol. The van der Waals surface area contributed by atoms with E-state index in [0.29, 0.717) is 12.2 Å². The topological polar surface area (TPSA) is 63.5 Å². The van der Waals surface area contributed by atoms with Crippen LogP contribution in [-0.4, -0.2) is 30.4 Å². The van der Waals surface area contributed by atoms with Gasteiger partial charge in [-0.15, -0.1) is 0 Å². The molecule has 1 aliphatic heterocycles. The predicted molar refractivity (Wildman–Crippen MR) is 118 cm³/mol. The molecule has 0 saturated heterocycles. The molecule has 0 saturated carbocycles. The first-order valence-electron chi connectivity index (χ1n) is 9.83. The Morgan fingerprint density at radius 1 is 0.933 bits per heavy atom. The highest BCUT2D eigenvalue weighted by atomic mass is 32.2. The van der Waals surface area contributed by atoms with Crippen LogP contribution in [0.5, 0.6) is 0 Å². The predicted octanol–water partition coefficient (Wildman–Crippen LogP) is 4.45. The normalized spacial score (nSPS) is 16.6. The van der Waals surface area contributed by atoms with E-state index < -0.39 is 10.1 Å². The van der Waals surface area contributed by atoms with Gasteiger partial charge in [-0.05, 0) is 44.0 Å². The number of hydrogen-bond acceptors (Lipinski definition) is 4. The van der Waals surface area contributed by atoms with Crippen LogP contribution in [0.3, 0.4) is 0 Å². The van der Waals surface area contributed by atoms with Crippen LogP contribution in [0.2, 0.25) is 0 Å². The minimum atomic E-state index is -4.61. The molecule has 0 unspecified atom stereocenters. The Balaban J connectivity index is 1.90. The van der Waals surface area contributed by atoms with Crippen molar-refractivity contribution in [3.05, 3.63) is 89.0 Å². The number of hydrogen-bond donors (Lipinski definition) is 0. The Hall–Kier alpha value is -2.96.